The van der Waals surface area contributed by atoms with E-state index in [0.717, 1.165) is 6.54 Å². The van der Waals surface area contributed by atoms with Crippen LogP contribution in [0.4, 0.5) is 5.69 Å². The summed E-state index contributed by atoms with van der Waals surface area (Å²) in [5.41, 5.74) is 3.99. The van der Waals surface area contributed by atoms with Crippen molar-refractivity contribution < 1.29 is 0 Å². The number of hydrogen-bond acceptors (Lipinski definition) is 1. The summed E-state index contributed by atoms with van der Waals surface area (Å²) < 4.78 is 0. The molecule has 164 valence electrons. The van der Waals surface area contributed by atoms with Gasteiger partial charge in [0.2, 0.25) is 0 Å². The predicted octanol–water partition coefficient (Wildman–Crippen LogP) is 9.55. The zero-order chi connectivity index (χ0) is 19.6. The summed E-state index contributed by atoms with van der Waals surface area (Å²) in [6, 6.07) is 6.73. The molecule has 0 unspecified atom stereocenters. The van der Waals surface area contributed by atoms with Gasteiger partial charge >= 0.3 is 0 Å². The molecule has 2 heteroatoms. The van der Waals surface area contributed by atoms with Crippen molar-refractivity contribution in [2.45, 2.75) is 124 Å². The Hall–Kier alpha value is -0.500. The van der Waals surface area contributed by atoms with E-state index in [1.807, 2.05) is 0 Å². The van der Waals surface area contributed by atoms with Crippen LogP contribution in [0.5, 0.6) is 0 Å². The van der Waals surface area contributed by atoms with E-state index in [2.05, 4.69) is 44.3 Å². The van der Waals surface area contributed by atoms with Crippen LogP contribution in [0.25, 0.3) is 0 Å². The van der Waals surface area contributed by atoms with Gasteiger partial charge in [-0.3, -0.25) is 0 Å². The van der Waals surface area contributed by atoms with Crippen molar-refractivity contribution in [3.05, 3.63) is 29.3 Å². The van der Waals surface area contributed by atoms with E-state index in [1.165, 1.54) is 120 Å². The van der Waals surface area contributed by atoms with Crippen molar-refractivity contribution in [2.75, 3.05) is 11.9 Å². The van der Waals surface area contributed by atoms with Crippen LogP contribution in [0, 0.1) is 13.8 Å². The van der Waals surface area contributed by atoms with Gasteiger partial charge in [-0.25, -0.2) is 0 Å². The summed E-state index contributed by atoms with van der Waals surface area (Å²) in [7, 11) is 0. The lowest BCUT2D eigenvalue weighted by Crippen LogP contribution is -2.01. The summed E-state index contributed by atoms with van der Waals surface area (Å²) in [4.78, 5) is 0. The third kappa shape index (κ3) is 16.5. The zero-order valence-corrected chi connectivity index (χ0v) is 20.9. The van der Waals surface area contributed by atoms with Gasteiger partial charge in [0.05, 0.1) is 0 Å². The summed E-state index contributed by atoms with van der Waals surface area (Å²) in [5.74, 6) is 0. The van der Waals surface area contributed by atoms with Crippen LogP contribution >= 0.6 is 17.0 Å². The topological polar surface area (TPSA) is 12.0 Å². The molecule has 1 nitrogen and oxygen atoms in total. The third-order valence-electron chi connectivity index (χ3n) is 5.58. The summed E-state index contributed by atoms with van der Waals surface area (Å²) >= 11 is 0. The molecule has 1 rings (SSSR count). The minimum atomic E-state index is 0. The molecule has 0 heterocycles. The smallest absolute Gasteiger partial charge is 0.0345 e. The van der Waals surface area contributed by atoms with Crippen LogP contribution in [-0.4, -0.2) is 6.54 Å². The van der Waals surface area contributed by atoms with Crippen LogP contribution in [0.2, 0.25) is 0 Å². The summed E-state index contributed by atoms with van der Waals surface area (Å²) in [5, 5.41) is 3.58. The molecule has 0 aliphatic heterocycles. The van der Waals surface area contributed by atoms with Crippen LogP contribution in [0.15, 0.2) is 18.2 Å². The fourth-order valence-corrected chi connectivity index (χ4v) is 3.98. The summed E-state index contributed by atoms with van der Waals surface area (Å²) in [6.45, 7) is 7.76. The van der Waals surface area contributed by atoms with Gasteiger partial charge in [-0.1, -0.05) is 109 Å². The first-order chi connectivity index (χ1) is 13.2. The Kier molecular flexibility index (Phi) is 19.4. The van der Waals surface area contributed by atoms with E-state index in [-0.39, 0.29) is 17.0 Å². The number of hydrogen-bond donors (Lipinski definition) is 1. The maximum Gasteiger partial charge on any atom is 0.0345 e. The minimum absolute atomic E-state index is 0. The second-order valence-corrected chi connectivity index (χ2v) is 8.61. The Morgan fingerprint density at radius 3 is 1.29 bits per heavy atom. The van der Waals surface area contributed by atoms with E-state index in [9.17, 15) is 0 Å². The Morgan fingerprint density at radius 2 is 0.893 bits per heavy atom. The first-order valence-corrected chi connectivity index (χ1v) is 12.0. The van der Waals surface area contributed by atoms with E-state index in [1.54, 1.807) is 0 Å². The van der Waals surface area contributed by atoms with Crippen LogP contribution in [0.1, 0.15) is 121 Å². The Labute approximate surface area is 187 Å². The van der Waals surface area contributed by atoms with Crippen molar-refractivity contribution in [1.82, 2.24) is 0 Å². The monoisotopic (exact) mass is 453 g/mol. The van der Waals surface area contributed by atoms with E-state index in [0.29, 0.717) is 0 Å². The minimum Gasteiger partial charge on any atom is -0.385 e. The second kappa shape index (κ2) is 19.8. The summed E-state index contributed by atoms with van der Waals surface area (Å²) in [6.07, 6.45) is 22.9. The van der Waals surface area contributed by atoms with E-state index >= 15 is 0 Å². The molecule has 28 heavy (non-hydrogen) atoms. The Balaban J connectivity index is 0.00000729. The van der Waals surface area contributed by atoms with Crippen molar-refractivity contribution in [3.63, 3.8) is 0 Å². The van der Waals surface area contributed by atoms with Gasteiger partial charge in [-0.2, -0.15) is 0 Å². The van der Waals surface area contributed by atoms with Gasteiger partial charge in [0, 0.05) is 12.2 Å². The van der Waals surface area contributed by atoms with Gasteiger partial charge < -0.3 is 5.32 Å². The first kappa shape index (κ1) is 27.5. The molecule has 1 N–H and O–H groups in total. The second-order valence-electron chi connectivity index (χ2n) is 8.61. The maximum absolute atomic E-state index is 3.58. The number of benzene rings is 1. The molecule has 0 radical (unpaired) electrons. The highest BCUT2D eigenvalue weighted by atomic mass is 79.9. The number of nitrogens with one attached hydrogen (secondary N) is 1. The molecular weight excluding hydrogens is 406 g/mol. The number of rotatable bonds is 18. The molecule has 0 saturated carbocycles. The molecule has 0 aromatic heterocycles. The lowest BCUT2D eigenvalue weighted by atomic mass is 10.0. The van der Waals surface area contributed by atoms with Crippen molar-refractivity contribution >= 4 is 22.7 Å². The van der Waals surface area contributed by atoms with Crippen LogP contribution in [0.3, 0.4) is 0 Å². The molecular formula is C26H48BrN. The van der Waals surface area contributed by atoms with Crippen molar-refractivity contribution in [2.24, 2.45) is 0 Å². The average molecular weight is 455 g/mol. The highest BCUT2D eigenvalue weighted by Gasteiger charge is 1.97. The van der Waals surface area contributed by atoms with Crippen LogP contribution < -0.4 is 5.32 Å². The van der Waals surface area contributed by atoms with Gasteiger partial charge in [0.25, 0.3) is 0 Å². The lowest BCUT2D eigenvalue weighted by Gasteiger charge is -2.08. The normalized spacial score (nSPS) is 10.7. The molecule has 1 aromatic rings. The van der Waals surface area contributed by atoms with Crippen molar-refractivity contribution in [3.8, 4) is 0 Å². The zero-order valence-electron chi connectivity index (χ0n) is 19.2. The SMILES string of the molecule is Br.CCCCCCCCCCCCCCCCCCNc1cc(C)cc(C)c1. The number of unbranched alkanes of at least 4 members (excludes halogenated alkanes) is 15. The van der Waals surface area contributed by atoms with Crippen LogP contribution in [-0.2, 0) is 0 Å². The first-order valence-electron chi connectivity index (χ1n) is 12.0. The Morgan fingerprint density at radius 1 is 0.536 bits per heavy atom. The number of anilines is 1. The van der Waals surface area contributed by atoms with E-state index in [4.69, 9.17) is 0 Å². The fraction of sp³-hybridized carbons (Fsp3) is 0.769. The predicted molar refractivity (Wildman–Crippen MR) is 134 cm³/mol. The average Bonchev–Trinajstić information content (AvgIpc) is 2.63. The highest BCUT2D eigenvalue weighted by Crippen LogP contribution is 2.15. The molecule has 0 aliphatic carbocycles. The fourth-order valence-electron chi connectivity index (χ4n) is 3.98. The molecule has 0 atom stereocenters. The van der Waals surface area contributed by atoms with E-state index < -0.39 is 0 Å². The van der Waals surface area contributed by atoms with Crippen molar-refractivity contribution in [1.29, 1.82) is 0 Å². The maximum atomic E-state index is 3.58. The number of aryl methyl sites for hydroxylation is 2. The molecule has 0 fully saturated rings. The lowest BCUT2D eigenvalue weighted by molar-refractivity contribution is 0.530. The highest BCUT2D eigenvalue weighted by molar-refractivity contribution is 8.93. The standard InChI is InChI=1S/C26H47N.BrH/c1-4-5-6-7-8-9-10-11-12-13-14-15-16-17-18-19-20-27-26-22-24(2)21-25(3)23-26;/h21-23,27H,4-20H2,1-3H3;1H. The van der Waals surface area contributed by atoms with Gasteiger partial charge in [-0.05, 0) is 43.5 Å². The molecule has 1 aromatic carbocycles. The van der Waals surface area contributed by atoms with Gasteiger partial charge in [-0.15, -0.1) is 17.0 Å². The Bertz CT molecular complexity index is 437. The number of halogens is 1. The quantitative estimate of drug-likeness (QED) is 0.218. The molecule has 0 amide bonds. The molecule has 0 spiro atoms. The van der Waals surface area contributed by atoms with Gasteiger partial charge in [0.1, 0.15) is 0 Å². The molecule has 0 saturated heterocycles. The van der Waals surface area contributed by atoms with Gasteiger partial charge in [0.15, 0.2) is 0 Å². The third-order valence-corrected chi connectivity index (χ3v) is 5.58. The molecule has 0 bridgehead atoms. The largest absolute Gasteiger partial charge is 0.385 e. The molecule has 0 aliphatic rings.